The van der Waals surface area contributed by atoms with Crippen molar-refractivity contribution >= 4 is 28.5 Å². The molecule has 1 aliphatic rings. The Morgan fingerprint density at radius 3 is 2.68 bits per heavy atom. The van der Waals surface area contributed by atoms with Crippen LogP contribution in [0.25, 0.3) is 0 Å². The third-order valence-corrected chi connectivity index (χ3v) is 4.85. The summed E-state index contributed by atoms with van der Waals surface area (Å²) in [5.41, 5.74) is 0.705. The summed E-state index contributed by atoms with van der Waals surface area (Å²) < 4.78 is 12.0. The molecule has 1 N–H and O–H groups in total. The Labute approximate surface area is 160 Å². The highest BCUT2D eigenvalue weighted by Gasteiger charge is 2.24. The third-order valence-electron chi connectivity index (χ3n) is 4.18. The van der Waals surface area contributed by atoms with Crippen molar-refractivity contribution in [2.24, 2.45) is 0 Å². The molecule has 0 saturated heterocycles. The Bertz CT molecular complexity index is 733. The van der Waals surface area contributed by atoms with Crippen LogP contribution in [0, 0.1) is 3.57 Å². The van der Waals surface area contributed by atoms with Crippen molar-refractivity contribution in [1.29, 1.82) is 0 Å². The number of nitrogens with zero attached hydrogens (tertiary/aromatic N) is 2. The fourth-order valence-electron chi connectivity index (χ4n) is 2.88. The van der Waals surface area contributed by atoms with Crippen LogP contribution in [0.4, 0.5) is 0 Å². The Hall–Kier alpha value is -1.90. The number of carbonyl (C=O) groups is 1. The van der Waals surface area contributed by atoms with Crippen LogP contribution in [-0.2, 0) is 0 Å². The van der Waals surface area contributed by atoms with Crippen molar-refractivity contribution in [3.63, 3.8) is 0 Å². The van der Waals surface area contributed by atoms with E-state index in [1.807, 2.05) is 24.3 Å². The molecule has 1 fully saturated rings. The van der Waals surface area contributed by atoms with E-state index in [2.05, 4.69) is 37.9 Å². The normalized spacial score (nSPS) is 19.9. The first-order valence-electron chi connectivity index (χ1n) is 8.23. The highest BCUT2D eigenvalue weighted by molar-refractivity contribution is 14.1. The molecular formula is C18H20IN3O3. The minimum Gasteiger partial charge on any atom is -0.480 e. The van der Waals surface area contributed by atoms with Crippen molar-refractivity contribution in [3.8, 4) is 11.8 Å². The van der Waals surface area contributed by atoms with Crippen LogP contribution in [0.2, 0.25) is 0 Å². The fourth-order valence-corrected chi connectivity index (χ4v) is 3.42. The van der Waals surface area contributed by atoms with E-state index in [1.54, 1.807) is 19.5 Å². The molecule has 25 heavy (non-hydrogen) atoms. The number of amides is 1. The molecule has 1 heterocycles. The van der Waals surface area contributed by atoms with Gasteiger partial charge in [-0.15, -0.1) is 0 Å². The van der Waals surface area contributed by atoms with Gasteiger partial charge in [0.2, 0.25) is 11.8 Å². The monoisotopic (exact) mass is 453 g/mol. The lowest BCUT2D eigenvalue weighted by Crippen LogP contribution is -2.39. The lowest BCUT2D eigenvalue weighted by molar-refractivity contribution is 0.0889. The SMILES string of the molecule is COc1cncc(OC2CCC(NC(=O)c3cccc(I)c3)CC2)n1. The molecule has 3 rings (SSSR count). The standard InChI is InChI=1S/C18H20IN3O3/c1-24-16-10-20-11-17(22-16)25-15-7-5-14(6-8-15)21-18(23)12-3-2-4-13(19)9-12/h2-4,9-11,14-15H,5-8H2,1H3,(H,21,23). The van der Waals surface area contributed by atoms with Gasteiger partial charge >= 0.3 is 0 Å². The number of carbonyl (C=O) groups excluding carboxylic acids is 1. The third kappa shape index (κ3) is 5.04. The average Bonchev–Trinajstić information content (AvgIpc) is 2.63. The van der Waals surface area contributed by atoms with E-state index < -0.39 is 0 Å². The van der Waals surface area contributed by atoms with Crippen LogP contribution in [0.3, 0.4) is 0 Å². The molecular weight excluding hydrogens is 433 g/mol. The first-order chi connectivity index (χ1) is 12.1. The van der Waals surface area contributed by atoms with E-state index in [1.165, 1.54) is 0 Å². The van der Waals surface area contributed by atoms with Gasteiger partial charge in [0.25, 0.3) is 5.91 Å². The predicted octanol–water partition coefficient (Wildman–Crippen LogP) is 3.21. The van der Waals surface area contributed by atoms with Gasteiger partial charge in [0.15, 0.2) is 0 Å². The summed E-state index contributed by atoms with van der Waals surface area (Å²) in [6, 6.07) is 7.79. The molecule has 0 unspecified atom stereocenters. The molecule has 132 valence electrons. The van der Waals surface area contributed by atoms with Crippen molar-refractivity contribution in [2.45, 2.75) is 37.8 Å². The van der Waals surface area contributed by atoms with Crippen LogP contribution in [0.5, 0.6) is 11.8 Å². The summed E-state index contributed by atoms with van der Waals surface area (Å²) >= 11 is 2.21. The summed E-state index contributed by atoms with van der Waals surface area (Å²) in [7, 11) is 1.55. The minimum atomic E-state index is -0.0125. The van der Waals surface area contributed by atoms with E-state index >= 15 is 0 Å². The molecule has 1 saturated carbocycles. The quantitative estimate of drug-likeness (QED) is 0.705. The number of hydrogen-bond donors (Lipinski definition) is 1. The van der Waals surface area contributed by atoms with E-state index in [9.17, 15) is 4.79 Å². The highest BCUT2D eigenvalue weighted by Crippen LogP contribution is 2.23. The highest BCUT2D eigenvalue weighted by atomic mass is 127. The van der Waals surface area contributed by atoms with E-state index in [0.29, 0.717) is 17.3 Å². The number of methoxy groups -OCH3 is 1. The summed E-state index contributed by atoms with van der Waals surface area (Å²) in [6.45, 7) is 0. The zero-order chi connectivity index (χ0) is 17.6. The number of ether oxygens (including phenoxy) is 2. The number of halogens is 1. The number of benzene rings is 1. The molecule has 2 aromatic rings. The topological polar surface area (TPSA) is 73.3 Å². The van der Waals surface area contributed by atoms with Gasteiger partial charge in [-0.05, 0) is 66.5 Å². The zero-order valence-corrected chi connectivity index (χ0v) is 16.1. The fraction of sp³-hybridized carbons (Fsp3) is 0.389. The lowest BCUT2D eigenvalue weighted by atomic mass is 9.92. The number of rotatable bonds is 5. The molecule has 0 bridgehead atoms. The molecule has 0 aliphatic heterocycles. The first kappa shape index (κ1) is 17.9. The molecule has 0 atom stereocenters. The molecule has 1 aromatic heterocycles. The molecule has 6 nitrogen and oxygen atoms in total. The van der Waals surface area contributed by atoms with E-state index in [4.69, 9.17) is 9.47 Å². The van der Waals surface area contributed by atoms with Crippen molar-refractivity contribution in [3.05, 3.63) is 45.8 Å². The van der Waals surface area contributed by atoms with Crippen LogP contribution in [0.1, 0.15) is 36.0 Å². The second kappa shape index (κ2) is 8.46. The van der Waals surface area contributed by atoms with E-state index in [0.717, 1.165) is 29.3 Å². The number of aromatic nitrogens is 2. The smallest absolute Gasteiger partial charge is 0.251 e. The maximum absolute atomic E-state index is 12.3. The lowest BCUT2D eigenvalue weighted by Gasteiger charge is -2.29. The summed E-state index contributed by atoms with van der Waals surface area (Å²) in [5.74, 6) is 0.906. The van der Waals surface area contributed by atoms with Gasteiger partial charge in [0.05, 0.1) is 19.5 Å². The van der Waals surface area contributed by atoms with Gasteiger partial charge in [-0.2, -0.15) is 4.98 Å². The molecule has 0 radical (unpaired) electrons. The van der Waals surface area contributed by atoms with Gasteiger partial charge in [-0.3, -0.25) is 9.78 Å². The van der Waals surface area contributed by atoms with E-state index in [-0.39, 0.29) is 18.1 Å². The van der Waals surface area contributed by atoms with Crippen molar-refractivity contribution in [1.82, 2.24) is 15.3 Å². The first-order valence-corrected chi connectivity index (χ1v) is 9.31. The van der Waals surface area contributed by atoms with Crippen LogP contribution >= 0.6 is 22.6 Å². The van der Waals surface area contributed by atoms with Gasteiger partial charge in [-0.25, -0.2) is 0 Å². The second-order valence-electron chi connectivity index (χ2n) is 5.97. The Morgan fingerprint density at radius 1 is 1.20 bits per heavy atom. The second-order valence-corrected chi connectivity index (χ2v) is 7.22. The van der Waals surface area contributed by atoms with Crippen molar-refractivity contribution in [2.75, 3.05) is 7.11 Å². The zero-order valence-electron chi connectivity index (χ0n) is 13.9. The number of nitrogens with one attached hydrogen (secondary N) is 1. The minimum absolute atomic E-state index is 0.0125. The summed E-state index contributed by atoms with van der Waals surface area (Å²) in [4.78, 5) is 20.6. The Kier molecular flexibility index (Phi) is 6.06. The van der Waals surface area contributed by atoms with Crippen LogP contribution < -0.4 is 14.8 Å². The maximum atomic E-state index is 12.3. The maximum Gasteiger partial charge on any atom is 0.251 e. The molecule has 1 aliphatic carbocycles. The predicted molar refractivity (Wildman–Crippen MR) is 102 cm³/mol. The Morgan fingerprint density at radius 2 is 1.96 bits per heavy atom. The average molecular weight is 453 g/mol. The molecule has 7 heteroatoms. The van der Waals surface area contributed by atoms with Gasteiger partial charge in [0.1, 0.15) is 6.10 Å². The molecule has 1 aromatic carbocycles. The molecule has 0 spiro atoms. The largest absolute Gasteiger partial charge is 0.480 e. The number of hydrogen-bond acceptors (Lipinski definition) is 5. The van der Waals surface area contributed by atoms with Crippen LogP contribution in [0.15, 0.2) is 36.7 Å². The summed E-state index contributed by atoms with van der Waals surface area (Å²) in [6.07, 6.45) is 6.74. The van der Waals surface area contributed by atoms with Gasteiger partial charge in [0, 0.05) is 15.2 Å². The Balaban J connectivity index is 1.49. The summed E-state index contributed by atoms with van der Waals surface area (Å²) in [5, 5.41) is 3.12. The molecule has 1 amide bonds. The van der Waals surface area contributed by atoms with Crippen LogP contribution in [-0.4, -0.2) is 35.1 Å². The van der Waals surface area contributed by atoms with Gasteiger partial charge < -0.3 is 14.8 Å². The van der Waals surface area contributed by atoms with Crippen molar-refractivity contribution < 1.29 is 14.3 Å². The van der Waals surface area contributed by atoms with Gasteiger partial charge in [-0.1, -0.05) is 6.07 Å².